The van der Waals surface area contributed by atoms with Gasteiger partial charge in [-0.3, -0.25) is 4.90 Å². The summed E-state index contributed by atoms with van der Waals surface area (Å²) in [5.41, 5.74) is 0. The van der Waals surface area contributed by atoms with Crippen molar-refractivity contribution in [2.45, 2.75) is 24.3 Å². The highest BCUT2D eigenvalue weighted by Gasteiger charge is 2.31. The molecule has 0 spiro atoms. The van der Waals surface area contributed by atoms with E-state index in [1.807, 2.05) is 6.92 Å². The van der Waals surface area contributed by atoms with E-state index in [1.165, 1.54) is 22.5 Å². The summed E-state index contributed by atoms with van der Waals surface area (Å²) in [5, 5.41) is 9.30. The van der Waals surface area contributed by atoms with Crippen LogP contribution in [0.5, 0.6) is 0 Å². The lowest BCUT2D eigenvalue weighted by Crippen LogP contribution is -2.52. The van der Waals surface area contributed by atoms with E-state index >= 15 is 0 Å². The maximum absolute atomic E-state index is 13.7. The Balaban J connectivity index is 2.10. The molecule has 0 bridgehead atoms. The second-order valence-corrected chi connectivity index (χ2v) is 7.02. The van der Waals surface area contributed by atoms with Gasteiger partial charge < -0.3 is 5.11 Å². The minimum atomic E-state index is -3.79. The number of benzene rings is 1. The summed E-state index contributed by atoms with van der Waals surface area (Å²) in [6, 6.07) is 5.50. The number of hydrogen-bond donors (Lipinski definition) is 1. The standard InChI is InChI=1S/C14H21FN2O3S/c1-2-12(11-18)16-7-9-17(10-8-16)21(19,20)14-6-4-3-5-13(14)15/h3-6,12,18H,2,7-11H2,1H3. The minimum Gasteiger partial charge on any atom is -0.395 e. The Morgan fingerprint density at radius 2 is 1.86 bits per heavy atom. The van der Waals surface area contributed by atoms with Crippen LogP contribution >= 0.6 is 0 Å². The predicted molar refractivity (Wildman–Crippen MR) is 77.9 cm³/mol. The van der Waals surface area contributed by atoms with Crippen LogP contribution in [-0.2, 0) is 10.0 Å². The molecule has 1 N–H and O–H groups in total. The van der Waals surface area contributed by atoms with Gasteiger partial charge in [-0.15, -0.1) is 0 Å². The molecule has 118 valence electrons. The van der Waals surface area contributed by atoms with Crippen LogP contribution in [0.15, 0.2) is 29.2 Å². The largest absolute Gasteiger partial charge is 0.395 e. The first-order valence-electron chi connectivity index (χ1n) is 7.10. The summed E-state index contributed by atoms with van der Waals surface area (Å²) in [4.78, 5) is 1.81. The summed E-state index contributed by atoms with van der Waals surface area (Å²) in [6.45, 7) is 3.78. The molecule has 1 aliphatic rings. The van der Waals surface area contributed by atoms with Crippen molar-refractivity contribution in [2.24, 2.45) is 0 Å². The first-order chi connectivity index (χ1) is 10.0. The maximum atomic E-state index is 13.7. The van der Waals surface area contributed by atoms with Crippen LogP contribution in [0.3, 0.4) is 0 Å². The van der Waals surface area contributed by atoms with Gasteiger partial charge >= 0.3 is 0 Å². The monoisotopic (exact) mass is 316 g/mol. The number of rotatable bonds is 5. The van der Waals surface area contributed by atoms with Crippen molar-refractivity contribution >= 4 is 10.0 Å². The molecule has 0 aromatic heterocycles. The van der Waals surface area contributed by atoms with Gasteiger partial charge in [-0.05, 0) is 18.6 Å². The molecule has 1 aromatic rings. The number of halogens is 1. The zero-order valence-electron chi connectivity index (χ0n) is 12.1. The third kappa shape index (κ3) is 3.42. The van der Waals surface area contributed by atoms with Crippen LogP contribution < -0.4 is 0 Å². The lowest BCUT2D eigenvalue weighted by atomic mass is 10.2. The second kappa shape index (κ2) is 6.83. The number of hydrogen-bond acceptors (Lipinski definition) is 4. The highest BCUT2D eigenvalue weighted by Crippen LogP contribution is 2.21. The molecule has 1 fully saturated rings. The van der Waals surface area contributed by atoms with E-state index in [0.29, 0.717) is 26.2 Å². The molecule has 0 amide bonds. The van der Waals surface area contributed by atoms with Crippen molar-refractivity contribution in [3.8, 4) is 0 Å². The van der Waals surface area contributed by atoms with Crippen LogP contribution in [0.25, 0.3) is 0 Å². The Kier molecular flexibility index (Phi) is 5.32. The first-order valence-corrected chi connectivity index (χ1v) is 8.54. The lowest BCUT2D eigenvalue weighted by Gasteiger charge is -2.37. The van der Waals surface area contributed by atoms with Crippen molar-refractivity contribution < 1.29 is 17.9 Å². The highest BCUT2D eigenvalue weighted by atomic mass is 32.2. The van der Waals surface area contributed by atoms with Crippen molar-refractivity contribution in [2.75, 3.05) is 32.8 Å². The van der Waals surface area contributed by atoms with Crippen LogP contribution in [0, 0.1) is 5.82 Å². The second-order valence-electron chi connectivity index (χ2n) is 5.12. The fourth-order valence-electron chi connectivity index (χ4n) is 2.60. The zero-order valence-corrected chi connectivity index (χ0v) is 12.9. The van der Waals surface area contributed by atoms with Gasteiger partial charge in [0.1, 0.15) is 10.7 Å². The predicted octanol–water partition coefficient (Wildman–Crippen LogP) is 0.903. The van der Waals surface area contributed by atoms with E-state index in [9.17, 15) is 17.9 Å². The van der Waals surface area contributed by atoms with Crippen molar-refractivity contribution in [3.63, 3.8) is 0 Å². The number of aliphatic hydroxyl groups is 1. The molecular weight excluding hydrogens is 295 g/mol. The normalized spacial score (nSPS) is 19.6. The van der Waals surface area contributed by atoms with E-state index in [4.69, 9.17) is 0 Å². The highest BCUT2D eigenvalue weighted by molar-refractivity contribution is 7.89. The summed E-state index contributed by atoms with van der Waals surface area (Å²) < 4.78 is 39.9. The average molecular weight is 316 g/mol. The van der Waals surface area contributed by atoms with Crippen molar-refractivity contribution in [1.82, 2.24) is 9.21 Å². The average Bonchev–Trinajstić information content (AvgIpc) is 2.49. The third-order valence-corrected chi connectivity index (χ3v) is 5.86. The molecule has 7 heteroatoms. The van der Waals surface area contributed by atoms with Gasteiger partial charge in [-0.1, -0.05) is 19.1 Å². The van der Waals surface area contributed by atoms with Gasteiger partial charge in [0, 0.05) is 32.2 Å². The molecule has 0 saturated carbocycles. The summed E-state index contributed by atoms with van der Waals surface area (Å²) in [5.74, 6) is -0.721. The third-order valence-electron chi connectivity index (χ3n) is 3.93. The molecule has 1 unspecified atom stereocenters. The van der Waals surface area contributed by atoms with Gasteiger partial charge in [0.2, 0.25) is 10.0 Å². The Hall–Kier alpha value is -1.02. The Morgan fingerprint density at radius 1 is 1.24 bits per heavy atom. The minimum absolute atomic E-state index is 0.0586. The Labute approximate surface area is 125 Å². The van der Waals surface area contributed by atoms with Gasteiger partial charge in [0.05, 0.1) is 6.61 Å². The van der Waals surface area contributed by atoms with Crippen molar-refractivity contribution in [1.29, 1.82) is 0 Å². The Morgan fingerprint density at radius 3 is 2.38 bits per heavy atom. The molecule has 0 aliphatic carbocycles. The summed E-state index contributed by atoms with van der Waals surface area (Å²) >= 11 is 0. The number of aliphatic hydroxyl groups excluding tert-OH is 1. The molecule has 1 atom stereocenters. The molecule has 1 saturated heterocycles. The van der Waals surface area contributed by atoms with E-state index < -0.39 is 15.8 Å². The molecule has 1 aliphatic heterocycles. The van der Waals surface area contributed by atoms with E-state index in [0.717, 1.165) is 12.5 Å². The quantitative estimate of drug-likeness (QED) is 0.877. The number of sulfonamides is 1. The molecule has 1 aromatic carbocycles. The van der Waals surface area contributed by atoms with Gasteiger partial charge in [0.25, 0.3) is 0 Å². The van der Waals surface area contributed by atoms with Crippen LogP contribution in [0.1, 0.15) is 13.3 Å². The van der Waals surface area contributed by atoms with Gasteiger partial charge in [-0.2, -0.15) is 4.31 Å². The molecular formula is C14H21FN2O3S. The number of piperazine rings is 1. The fourth-order valence-corrected chi connectivity index (χ4v) is 4.09. The molecule has 5 nitrogen and oxygen atoms in total. The van der Waals surface area contributed by atoms with Crippen LogP contribution in [0.2, 0.25) is 0 Å². The molecule has 1 heterocycles. The molecule has 21 heavy (non-hydrogen) atoms. The maximum Gasteiger partial charge on any atom is 0.246 e. The topological polar surface area (TPSA) is 60.9 Å². The first kappa shape index (κ1) is 16.4. The fraction of sp³-hybridized carbons (Fsp3) is 0.571. The summed E-state index contributed by atoms with van der Waals surface area (Å²) in [6.07, 6.45) is 0.816. The van der Waals surface area contributed by atoms with Gasteiger partial charge in [-0.25, -0.2) is 12.8 Å². The van der Waals surface area contributed by atoms with E-state index in [-0.39, 0.29) is 17.5 Å². The zero-order chi connectivity index (χ0) is 15.5. The number of nitrogens with zero attached hydrogens (tertiary/aromatic N) is 2. The van der Waals surface area contributed by atoms with E-state index in [2.05, 4.69) is 4.90 Å². The molecule has 0 radical (unpaired) electrons. The Bertz CT molecular complexity index is 567. The van der Waals surface area contributed by atoms with Crippen LogP contribution in [0.4, 0.5) is 4.39 Å². The lowest BCUT2D eigenvalue weighted by molar-refractivity contribution is 0.0880. The van der Waals surface area contributed by atoms with Crippen LogP contribution in [-0.4, -0.2) is 61.6 Å². The van der Waals surface area contributed by atoms with Crippen molar-refractivity contribution in [3.05, 3.63) is 30.1 Å². The van der Waals surface area contributed by atoms with Gasteiger partial charge in [0.15, 0.2) is 0 Å². The summed E-state index contributed by atoms with van der Waals surface area (Å²) in [7, 11) is -3.79. The SMILES string of the molecule is CCC(CO)N1CCN(S(=O)(=O)c2ccccc2F)CC1. The smallest absolute Gasteiger partial charge is 0.246 e. The molecule has 2 rings (SSSR count). The van der Waals surface area contributed by atoms with E-state index in [1.54, 1.807) is 0 Å².